The van der Waals surface area contributed by atoms with Crippen LogP contribution in [0.3, 0.4) is 0 Å². The summed E-state index contributed by atoms with van der Waals surface area (Å²) in [5, 5.41) is 9.65. The lowest BCUT2D eigenvalue weighted by Crippen LogP contribution is -2.14. The number of hydrogen-bond acceptors (Lipinski definition) is 1. The second kappa shape index (κ2) is 3.48. The summed E-state index contributed by atoms with van der Waals surface area (Å²) in [7, 11) is 0. The zero-order chi connectivity index (χ0) is 12.0. The molecule has 1 aromatic rings. The van der Waals surface area contributed by atoms with Gasteiger partial charge in [0.05, 0.1) is 5.60 Å². The molecule has 0 spiro atoms. The van der Waals surface area contributed by atoms with Gasteiger partial charge >= 0.3 is 0 Å². The molecule has 0 radical (unpaired) electrons. The summed E-state index contributed by atoms with van der Waals surface area (Å²) in [5.41, 5.74) is -0.921. The smallest absolute Gasteiger partial charge is 0.270 e. The molecule has 88 valence electrons. The Labute approximate surface area is 91.9 Å². The minimum atomic E-state index is -2.98. The lowest BCUT2D eigenvalue weighted by Gasteiger charge is -2.14. The molecule has 0 atom stereocenters. The molecule has 0 aliphatic heterocycles. The van der Waals surface area contributed by atoms with Gasteiger partial charge in [0.2, 0.25) is 0 Å². The third kappa shape index (κ3) is 2.38. The van der Waals surface area contributed by atoms with Gasteiger partial charge in [-0.3, -0.25) is 0 Å². The van der Waals surface area contributed by atoms with E-state index >= 15 is 0 Å². The summed E-state index contributed by atoms with van der Waals surface area (Å²) < 4.78 is 39.4. The van der Waals surface area contributed by atoms with Crippen LogP contribution in [0.5, 0.6) is 0 Å². The quantitative estimate of drug-likeness (QED) is 0.846. The molecule has 2 rings (SSSR count). The molecule has 1 fully saturated rings. The van der Waals surface area contributed by atoms with Gasteiger partial charge in [0, 0.05) is 18.9 Å². The van der Waals surface area contributed by atoms with Gasteiger partial charge in [-0.05, 0) is 30.5 Å². The highest BCUT2D eigenvalue weighted by Gasteiger charge is 2.41. The van der Waals surface area contributed by atoms with Crippen molar-refractivity contribution in [2.75, 3.05) is 0 Å². The number of halogens is 3. The molecule has 0 unspecified atom stereocenters. The average molecular weight is 230 g/mol. The van der Waals surface area contributed by atoms with E-state index < -0.39 is 17.3 Å². The van der Waals surface area contributed by atoms with Gasteiger partial charge in [-0.2, -0.15) is 0 Å². The minimum Gasteiger partial charge on any atom is -0.390 e. The first-order valence-electron chi connectivity index (χ1n) is 5.19. The van der Waals surface area contributed by atoms with Crippen LogP contribution >= 0.6 is 0 Å². The Morgan fingerprint density at radius 2 is 2.00 bits per heavy atom. The summed E-state index contributed by atoms with van der Waals surface area (Å²) in [6, 6.07) is 3.26. The van der Waals surface area contributed by atoms with Gasteiger partial charge in [0.15, 0.2) is 0 Å². The van der Waals surface area contributed by atoms with E-state index in [4.69, 9.17) is 0 Å². The Hall–Kier alpha value is -1.03. The van der Waals surface area contributed by atoms with Crippen LogP contribution in [0, 0.1) is 5.82 Å². The summed E-state index contributed by atoms with van der Waals surface area (Å²) in [4.78, 5) is 0. The second-order valence-electron chi connectivity index (χ2n) is 4.60. The van der Waals surface area contributed by atoms with E-state index in [1.807, 2.05) is 0 Å². The fourth-order valence-electron chi connectivity index (χ4n) is 1.66. The van der Waals surface area contributed by atoms with Crippen molar-refractivity contribution < 1.29 is 18.3 Å². The highest BCUT2D eigenvalue weighted by Crippen LogP contribution is 2.39. The number of hydrogen-bond donors (Lipinski definition) is 1. The van der Waals surface area contributed by atoms with Crippen LogP contribution in [0.1, 0.15) is 30.9 Å². The van der Waals surface area contributed by atoms with E-state index in [0.717, 1.165) is 25.1 Å². The number of rotatable bonds is 3. The maximum atomic E-state index is 13.4. The molecule has 1 nitrogen and oxygen atoms in total. The van der Waals surface area contributed by atoms with E-state index in [1.54, 1.807) is 0 Å². The maximum absolute atomic E-state index is 13.4. The minimum absolute atomic E-state index is 0.114. The van der Waals surface area contributed by atoms with Crippen LogP contribution < -0.4 is 0 Å². The molecule has 16 heavy (non-hydrogen) atoms. The summed E-state index contributed by atoms with van der Waals surface area (Å²) in [6.45, 7) is 0.774. The molecule has 0 aromatic heterocycles. The van der Waals surface area contributed by atoms with Crippen LogP contribution in [0.4, 0.5) is 13.2 Å². The summed E-state index contributed by atoms with van der Waals surface area (Å²) in [5.74, 6) is -3.51. The van der Waals surface area contributed by atoms with Crippen molar-refractivity contribution in [1.82, 2.24) is 0 Å². The Balaban J connectivity index is 2.29. The van der Waals surface area contributed by atoms with Gasteiger partial charge in [0.25, 0.3) is 5.92 Å². The highest BCUT2D eigenvalue weighted by molar-refractivity contribution is 5.29. The SMILES string of the molecule is CC(F)(F)c1ccc(F)c(CC2(O)CC2)c1. The standard InChI is InChI=1S/C12H13F3O/c1-11(14,15)9-2-3-10(13)8(6-9)7-12(16)4-5-12/h2-3,6,16H,4-5,7H2,1H3. The molecular weight excluding hydrogens is 217 g/mol. The first-order chi connectivity index (χ1) is 7.30. The Morgan fingerprint density at radius 3 is 2.50 bits per heavy atom. The van der Waals surface area contributed by atoms with Crippen molar-refractivity contribution in [1.29, 1.82) is 0 Å². The Bertz CT molecular complexity index is 405. The van der Waals surface area contributed by atoms with Gasteiger partial charge in [-0.15, -0.1) is 0 Å². The van der Waals surface area contributed by atoms with E-state index in [-0.39, 0.29) is 17.5 Å². The fraction of sp³-hybridized carbons (Fsp3) is 0.500. The molecule has 1 saturated carbocycles. The fourth-order valence-corrected chi connectivity index (χ4v) is 1.66. The lowest BCUT2D eigenvalue weighted by atomic mass is 10.0. The summed E-state index contributed by atoms with van der Waals surface area (Å²) >= 11 is 0. The van der Waals surface area contributed by atoms with Crippen molar-refractivity contribution in [2.45, 2.75) is 37.7 Å². The molecule has 1 aliphatic carbocycles. The van der Waals surface area contributed by atoms with Crippen molar-refractivity contribution in [2.24, 2.45) is 0 Å². The predicted octanol–water partition coefficient (Wildman–Crippen LogP) is 3.00. The zero-order valence-corrected chi connectivity index (χ0v) is 8.93. The van der Waals surface area contributed by atoms with Crippen molar-refractivity contribution in [3.8, 4) is 0 Å². The molecule has 0 saturated heterocycles. The Kier molecular flexibility index (Phi) is 2.49. The molecule has 1 N–H and O–H groups in total. The molecule has 0 heterocycles. The van der Waals surface area contributed by atoms with E-state index in [0.29, 0.717) is 12.8 Å². The van der Waals surface area contributed by atoms with Crippen molar-refractivity contribution in [3.05, 3.63) is 35.1 Å². The van der Waals surface area contributed by atoms with Crippen LogP contribution in [0.2, 0.25) is 0 Å². The molecule has 0 amide bonds. The molecule has 1 aliphatic rings. The largest absolute Gasteiger partial charge is 0.390 e. The van der Waals surface area contributed by atoms with E-state index in [9.17, 15) is 18.3 Å². The van der Waals surface area contributed by atoms with Crippen molar-refractivity contribution in [3.63, 3.8) is 0 Å². The van der Waals surface area contributed by atoms with Crippen LogP contribution in [-0.2, 0) is 12.3 Å². The predicted molar refractivity (Wildman–Crippen MR) is 53.9 cm³/mol. The second-order valence-corrected chi connectivity index (χ2v) is 4.60. The zero-order valence-electron chi connectivity index (χ0n) is 8.93. The van der Waals surface area contributed by atoms with Crippen LogP contribution in [0.15, 0.2) is 18.2 Å². The third-order valence-corrected chi connectivity index (χ3v) is 2.90. The molecule has 0 bridgehead atoms. The van der Waals surface area contributed by atoms with Crippen LogP contribution in [0.25, 0.3) is 0 Å². The van der Waals surface area contributed by atoms with Crippen LogP contribution in [-0.4, -0.2) is 10.7 Å². The van der Waals surface area contributed by atoms with E-state index in [2.05, 4.69) is 0 Å². The summed E-state index contributed by atoms with van der Waals surface area (Å²) in [6.07, 6.45) is 1.33. The lowest BCUT2D eigenvalue weighted by molar-refractivity contribution is 0.0172. The van der Waals surface area contributed by atoms with E-state index in [1.165, 1.54) is 0 Å². The number of benzene rings is 1. The highest BCUT2D eigenvalue weighted by atomic mass is 19.3. The maximum Gasteiger partial charge on any atom is 0.270 e. The monoisotopic (exact) mass is 230 g/mol. The molecule has 4 heteroatoms. The number of aliphatic hydroxyl groups is 1. The molecule has 1 aromatic carbocycles. The van der Waals surface area contributed by atoms with Gasteiger partial charge in [0.1, 0.15) is 5.82 Å². The normalized spacial score (nSPS) is 18.6. The van der Waals surface area contributed by atoms with Crippen molar-refractivity contribution >= 4 is 0 Å². The van der Waals surface area contributed by atoms with Gasteiger partial charge in [-0.25, -0.2) is 13.2 Å². The third-order valence-electron chi connectivity index (χ3n) is 2.90. The Morgan fingerprint density at radius 1 is 1.38 bits per heavy atom. The average Bonchev–Trinajstić information content (AvgIpc) is 2.86. The molecular formula is C12H13F3O. The van der Waals surface area contributed by atoms with Gasteiger partial charge in [-0.1, -0.05) is 6.07 Å². The number of alkyl halides is 2. The first kappa shape index (κ1) is 11.5. The van der Waals surface area contributed by atoms with Gasteiger partial charge < -0.3 is 5.11 Å². The topological polar surface area (TPSA) is 20.2 Å². The first-order valence-corrected chi connectivity index (χ1v) is 5.19.